The minimum absolute atomic E-state index is 0.181. The summed E-state index contributed by atoms with van der Waals surface area (Å²) in [6, 6.07) is 1.64. The predicted molar refractivity (Wildman–Crippen MR) is 103 cm³/mol. The predicted octanol–water partition coefficient (Wildman–Crippen LogP) is 3.47. The van der Waals surface area contributed by atoms with Crippen molar-refractivity contribution >= 4 is 22.9 Å². The molecule has 0 bridgehead atoms. The van der Waals surface area contributed by atoms with Crippen molar-refractivity contribution in [1.29, 1.82) is 0 Å². The molecule has 2 aromatic rings. The third-order valence-electron chi connectivity index (χ3n) is 5.39. The van der Waals surface area contributed by atoms with Crippen LogP contribution in [0.5, 0.6) is 0 Å². The lowest BCUT2D eigenvalue weighted by Gasteiger charge is -2.27. The maximum atomic E-state index is 12.9. The number of carboxylic acids is 1. The summed E-state index contributed by atoms with van der Waals surface area (Å²) < 4.78 is 1.83. The van der Waals surface area contributed by atoms with Crippen LogP contribution in [0.3, 0.4) is 0 Å². The fourth-order valence-electron chi connectivity index (χ4n) is 3.87. The highest BCUT2D eigenvalue weighted by Crippen LogP contribution is 2.24. The molecule has 1 amide bonds. The smallest absolute Gasteiger partial charge is 0.308 e. The first-order valence-electron chi connectivity index (χ1n) is 9.77. The van der Waals surface area contributed by atoms with E-state index in [1.54, 1.807) is 19.2 Å². The Morgan fingerprint density at radius 1 is 1.22 bits per heavy atom. The quantitative estimate of drug-likeness (QED) is 0.856. The minimum atomic E-state index is -0.828. The van der Waals surface area contributed by atoms with E-state index in [1.165, 1.54) is 0 Å². The largest absolute Gasteiger partial charge is 0.481 e. The summed E-state index contributed by atoms with van der Waals surface area (Å²) in [5.74, 6) is -1.61. The Balaban J connectivity index is 1.86. The SMILES string of the molecule is Cc1nc2c(cnn2C(C)C)cc1C(=O)NC1CCCCCCC1C(=O)O. The lowest BCUT2D eigenvalue weighted by Crippen LogP contribution is -2.44. The van der Waals surface area contributed by atoms with E-state index in [0.29, 0.717) is 24.1 Å². The van der Waals surface area contributed by atoms with Gasteiger partial charge in [0.15, 0.2) is 5.65 Å². The molecular formula is C20H28N4O3. The summed E-state index contributed by atoms with van der Waals surface area (Å²) >= 11 is 0. The van der Waals surface area contributed by atoms with Gasteiger partial charge in [0, 0.05) is 17.5 Å². The van der Waals surface area contributed by atoms with Crippen LogP contribution >= 0.6 is 0 Å². The first-order valence-corrected chi connectivity index (χ1v) is 9.77. The van der Waals surface area contributed by atoms with Gasteiger partial charge in [-0.2, -0.15) is 5.10 Å². The Hall–Kier alpha value is -2.44. The number of aromatic nitrogens is 3. The van der Waals surface area contributed by atoms with Gasteiger partial charge in [0.1, 0.15) is 0 Å². The molecule has 1 aliphatic carbocycles. The molecule has 0 saturated heterocycles. The van der Waals surface area contributed by atoms with E-state index in [1.807, 2.05) is 18.5 Å². The van der Waals surface area contributed by atoms with Crippen molar-refractivity contribution in [1.82, 2.24) is 20.1 Å². The maximum absolute atomic E-state index is 12.9. The molecule has 0 aromatic carbocycles. The summed E-state index contributed by atoms with van der Waals surface area (Å²) in [6.45, 7) is 5.87. The van der Waals surface area contributed by atoms with Gasteiger partial charge in [-0.05, 0) is 39.7 Å². The van der Waals surface area contributed by atoms with Crippen LogP contribution in [0.25, 0.3) is 11.0 Å². The summed E-state index contributed by atoms with van der Waals surface area (Å²) in [5, 5.41) is 17.7. The van der Waals surface area contributed by atoms with Crippen LogP contribution in [0.1, 0.15) is 74.5 Å². The lowest BCUT2D eigenvalue weighted by molar-refractivity contribution is -0.143. The molecule has 0 aliphatic heterocycles. The monoisotopic (exact) mass is 372 g/mol. The number of rotatable bonds is 4. The van der Waals surface area contributed by atoms with Crippen molar-refractivity contribution in [2.24, 2.45) is 5.92 Å². The first kappa shape index (κ1) is 19.3. The van der Waals surface area contributed by atoms with Crippen molar-refractivity contribution in [3.8, 4) is 0 Å². The number of aryl methyl sites for hydroxylation is 1. The molecule has 1 saturated carbocycles. The number of fused-ring (bicyclic) bond motifs is 1. The standard InChI is InChI=1S/C20H28N4O3/c1-12(2)24-18-14(11-21-24)10-16(13(3)22-18)19(25)23-17-9-7-5-4-6-8-15(17)20(26)27/h10-12,15,17H,4-9H2,1-3H3,(H,23,25)(H,26,27). The fourth-order valence-corrected chi connectivity index (χ4v) is 3.87. The Kier molecular flexibility index (Phi) is 5.77. The molecule has 146 valence electrons. The second kappa shape index (κ2) is 8.06. The number of nitrogens with zero attached hydrogens (tertiary/aromatic N) is 3. The number of nitrogens with one attached hydrogen (secondary N) is 1. The Morgan fingerprint density at radius 3 is 2.59 bits per heavy atom. The summed E-state index contributed by atoms with van der Waals surface area (Å²) in [6.07, 6.45) is 6.99. The molecule has 7 heteroatoms. The van der Waals surface area contributed by atoms with E-state index >= 15 is 0 Å². The molecule has 2 aromatic heterocycles. The summed E-state index contributed by atoms with van der Waals surface area (Å²) in [5.41, 5.74) is 1.87. The van der Waals surface area contributed by atoms with Crippen LogP contribution in [-0.2, 0) is 4.79 Å². The van der Waals surface area contributed by atoms with Crippen molar-refractivity contribution in [2.75, 3.05) is 0 Å². The van der Waals surface area contributed by atoms with Gasteiger partial charge in [0.05, 0.1) is 23.4 Å². The van der Waals surface area contributed by atoms with Crippen LogP contribution in [0.2, 0.25) is 0 Å². The summed E-state index contributed by atoms with van der Waals surface area (Å²) in [4.78, 5) is 29.2. The van der Waals surface area contributed by atoms with E-state index in [-0.39, 0.29) is 18.0 Å². The molecule has 0 radical (unpaired) electrons. The van der Waals surface area contributed by atoms with Gasteiger partial charge in [-0.3, -0.25) is 9.59 Å². The number of carboxylic acid groups (broad SMARTS) is 1. The molecule has 3 rings (SSSR count). The molecule has 7 nitrogen and oxygen atoms in total. The zero-order chi connectivity index (χ0) is 19.6. The van der Waals surface area contributed by atoms with E-state index in [0.717, 1.165) is 36.7 Å². The molecule has 0 spiro atoms. The number of aliphatic carboxylic acids is 1. The first-order chi connectivity index (χ1) is 12.9. The molecule has 2 atom stereocenters. The highest BCUT2D eigenvalue weighted by atomic mass is 16.4. The number of carbonyl (C=O) groups excluding carboxylic acids is 1. The number of hydrogen-bond acceptors (Lipinski definition) is 4. The average molecular weight is 372 g/mol. The average Bonchev–Trinajstić information content (AvgIpc) is 2.99. The van der Waals surface area contributed by atoms with Gasteiger partial charge in [-0.1, -0.05) is 25.7 Å². The fraction of sp³-hybridized carbons (Fsp3) is 0.600. The van der Waals surface area contributed by atoms with Gasteiger partial charge in [-0.15, -0.1) is 0 Å². The van der Waals surface area contributed by atoms with Gasteiger partial charge >= 0.3 is 5.97 Å². The van der Waals surface area contributed by atoms with Crippen molar-refractivity contribution < 1.29 is 14.7 Å². The van der Waals surface area contributed by atoms with Crippen LogP contribution in [-0.4, -0.2) is 37.8 Å². The van der Waals surface area contributed by atoms with E-state index in [2.05, 4.69) is 15.4 Å². The molecule has 2 heterocycles. The van der Waals surface area contributed by atoms with Crippen LogP contribution < -0.4 is 5.32 Å². The third-order valence-corrected chi connectivity index (χ3v) is 5.39. The number of amides is 1. The Bertz CT molecular complexity index is 843. The molecule has 2 N–H and O–H groups in total. The molecular weight excluding hydrogens is 344 g/mol. The zero-order valence-corrected chi connectivity index (χ0v) is 16.2. The molecule has 27 heavy (non-hydrogen) atoms. The highest BCUT2D eigenvalue weighted by Gasteiger charge is 2.30. The number of hydrogen-bond donors (Lipinski definition) is 2. The normalized spacial score (nSPS) is 21.0. The van der Waals surface area contributed by atoms with Crippen LogP contribution in [0.4, 0.5) is 0 Å². The van der Waals surface area contributed by atoms with Crippen molar-refractivity contribution in [3.63, 3.8) is 0 Å². The second-order valence-electron chi connectivity index (χ2n) is 7.73. The topological polar surface area (TPSA) is 97.1 Å². The molecule has 1 aliphatic rings. The Morgan fingerprint density at radius 2 is 1.93 bits per heavy atom. The highest BCUT2D eigenvalue weighted by molar-refractivity contribution is 5.98. The van der Waals surface area contributed by atoms with Gasteiger partial charge < -0.3 is 10.4 Å². The van der Waals surface area contributed by atoms with E-state index < -0.39 is 11.9 Å². The zero-order valence-electron chi connectivity index (χ0n) is 16.2. The van der Waals surface area contributed by atoms with E-state index in [9.17, 15) is 14.7 Å². The number of carbonyl (C=O) groups is 2. The second-order valence-corrected chi connectivity index (χ2v) is 7.73. The van der Waals surface area contributed by atoms with Crippen LogP contribution in [0, 0.1) is 12.8 Å². The number of pyridine rings is 1. The van der Waals surface area contributed by atoms with Gasteiger partial charge in [0.2, 0.25) is 0 Å². The van der Waals surface area contributed by atoms with Crippen molar-refractivity contribution in [3.05, 3.63) is 23.5 Å². The van der Waals surface area contributed by atoms with Gasteiger partial charge in [-0.25, -0.2) is 9.67 Å². The van der Waals surface area contributed by atoms with Crippen molar-refractivity contribution in [2.45, 2.75) is 71.4 Å². The van der Waals surface area contributed by atoms with E-state index in [4.69, 9.17) is 0 Å². The summed E-state index contributed by atoms with van der Waals surface area (Å²) in [7, 11) is 0. The van der Waals surface area contributed by atoms with Gasteiger partial charge in [0.25, 0.3) is 5.91 Å². The third kappa shape index (κ3) is 4.12. The molecule has 1 fully saturated rings. The van der Waals surface area contributed by atoms with Crippen LogP contribution in [0.15, 0.2) is 12.3 Å². The maximum Gasteiger partial charge on any atom is 0.308 e. The Labute approximate surface area is 159 Å². The molecule has 2 unspecified atom stereocenters. The lowest BCUT2D eigenvalue weighted by atomic mass is 9.86. The minimum Gasteiger partial charge on any atom is -0.481 e.